The molecule has 0 saturated heterocycles. The fourth-order valence-electron chi connectivity index (χ4n) is 1.94. The normalized spacial score (nSPS) is 12.4. The summed E-state index contributed by atoms with van der Waals surface area (Å²) in [7, 11) is 1.63. The molecular formula is C15H18O3. The van der Waals surface area contributed by atoms with E-state index in [1.807, 2.05) is 43.3 Å². The number of ether oxygens (including phenoxy) is 1. The topological polar surface area (TPSA) is 42.6 Å². The third kappa shape index (κ3) is 2.74. The number of aryl methyl sites for hydroxylation is 1. The molecule has 2 rings (SSSR count). The van der Waals surface area contributed by atoms with Crippen LogP contribution in [0.25, 0.3) is 0 Å². The van der Waals surface area contributed by atoms with Crippen molar-refractivity contribution in [2.24, 2.45) is 0 Å². The third-order valence-electron chi connectivity index (χ3n) is 2.97. The Hall–Kier alpha value is -1.74. The van der Waals surface area contributed by atoms with Gasteiger partial charge in [-0.1, -0.05) is 25.1 Å². The van der Waals surface area contributed by atoms with Crippen molar-refractivity contribution in [1.29, 1.82) is 0 Å². The van der Waals surface area contributed by atoms with Crippen molar-refractivity contribution in [1.82, 2.24) is 0 Å². The van der Waals surface area contributed by atoms with Gasteiger partial charge in [-0.2, -0.15) is 0 Å². The summed E-state index contributed by atoms with van der Waals surface area (Å²) in [6.07, 6.45) is 0.684. The molecule has 0 saturated carbocycles. The van der Waals surface area contributed by atoms with Gasteiger partial charge in [0, 0.05) is 12.8 Å². The summed E-state index contributed by atoms with van der Waals surface area (Å²) in [6, 6.07) is 11.4. The minimum Gasteiger partial charge on any atom is -0.496 e. The molecule has 1 N–H and O–H groups in total. The lowest BCUT2D eigenvalue weighted by Crippen LogP contribution is -2.02. The van der Waals surface area contributed by atoms with E-state index >= 15 is 0 Å². The smallest absolute Gasteiger partial charge is 0.133 e. The first-order valence-electron chi connectivity index (χ1n) is 6.13. The molecule has 0 bridgehead atoms. The number of hydrogen-bond acceptors (Lipinski definition) is 3. The van der Waals surface area contributed by atoms with Crippen LogP contribution in [-0.2, 0) is 12.8 Å². The predicted molar refractivity (Wildman–Crippen MR) is 69.7 cm³/mol. The molecule has 0 aliphatic rings. The van der Waals surface area contributed by atoms with Gasteiger partial charge >= 0.3 is 0 Å². The van der Waals surface area contributed by atoms with Crippen LogP contribution in [-0.4, -0.2) is 12.2 Å². The Labute approximate surface area is 107 Å². The molecule has 1 aromatic heterocycles. The van der Waals surface area contributed by atoms with Gasteiger partial charge in [0.15, 0.2) is 0 Å². The van der Waals surface area contributed by atoms with Gasteiger partial charge in [-0.15, -0.1) is 0 Å². The van der Waals surface area contributed by atoms with Crippen molar-refractivity contribution in [2.45, 2.75) is 25.9 Å². The maximum atomic E-state index is 10.2. The number of furan rings is 1. The summed E-state index contributed by atoms with van der Waals surface area (Å²) in [6.45, 7) is 2.02. The van der Waals surface area contributed by atoms with E-state index < -0.39 is 6.10 Å². The number of para-hydroxylation sites is 1. The Morgan fingerprint density at radius 3 is 2.67 bits per heavy atom. The van der Waals surface area contributed by atoms with Crippen molar-refractivity contribution >= 4 is 0 Å². The maximum absolute atomic E-state index is 10.2. The number of rotatable bonds is 5. The molecule has 1 unspecified atom stereocenters. The molecule has 0 radical (unpaired) electrons. The van der Waals surface area contributed by atoms with Gasteiger partial charge in [0.25, 0.3) is 0 Å². The van der Waals surface area contributed by atoms with E-state index in [-0.39, 0.29) is 0 Å². The van der Waals surface area contributed by atoms with Crippen molar-refractivity contribution in [3.63, 3.8) is 0 Å². The molecule has 0 amide bonds. The van der Waals surface area contributed by atoms with E-state index in [0.29, 0.717) is 12.2 Å². The lowest BCUT2D eigenvalue weighted by atomic mass is 10.1. The Morgan fingerprint density at radius 1 is 1.22 bits per heavy atom. The molecule has 96 valence electrons. The van der Waals surface area contributed by atoms with Crippen LogP contribution in [0.1, 0.15) is 30.1 Å². The molecule has 0 fully saturated rings. The molecule has 0 spiro atoms. The van der Waals surface area contributed by atoms with Crippen LogP contribution in [0.15, 0.2) is 40.8 Å². The van der Waals surface area contributed by atoms with E-state index in [0.717, 1.165) is 23.5 Å². The molecule has 3 heteroatoms. The van der Waals surface area contributed by atoms with Crippen LogP contribution < -0.4 is 4.74 Å². The minimum absolute atomic E-state index is 0.487. The average molecular weight is 246 g/mol. The second kappa shape index (κ2) is 5.74. The Balaban J connectivity index is 2.13. The molecule has 2 aromatic rings. The molecule has 0 aliphatic heterocycles. The lowest BCUT2D eigenvalue weighted by Gasteiger charge is -2.11. The van der Waals surface area contributed by atoms with Crippen LogP contribution in [0.3, 0.4) is 0 Å². The Morgan fingerprint density at radius 2 is 2.00 bits per heavy atom. The number of benzene rings is 1. The van der Waals surface area contributed by atoms with Gasteiger partial charge in [0.2, 0.25) is 0 Å². The first-order chi connectivity index (χ1) is 8.74. The highest BCUT2D eigenvalue weighted by atomic mass is 16.5. The van der Waals surface area contributed by atoms with E-state index in [1.54, 1.807) is 7.11 Å². The van der Waals surface area contributed by atoms with Gasteiger partial charge in [-0.05, 0) is 23.8 Å². The van der Waals surface area contributed by atoms with Crippen LogP contribution >= 0.6 is 0 Å². The summed E-state index contributed by atoms with van der Waals surface area (Å²) in [5, 5.41) is 10.2. The summed E-state index contributed by atoms with van der Waals surface area (Å²) in [4.78, 5) is 0. The standard InChI is InChI=1S/C15H18O3/c1-3-12-8-9-15(18-12)13(16)10-11-6-4-5-7-14(11)17-2/h4-9,13,16H,3,10H2,1-2H3. The van der Waals surface area contributed by atoms with Crippen LogP contribution in [0.5, 0.6) is 5.75 Å². The molecule has 1 atom stereocenters. The van der Waals surface area contributed by atoms with E-state index in [1.165, 1.54) is 0 Å². The van der Waals surface area contributed by atoms with Gasteiger partial charge in [-0.25, -0.2) is 0 Å². The summed E-state index contributed by atoms with van der Waals surface area (Å²) in [5.41, 5.74) is 0.974. The molecule has 1 aromatic carbocycles. The number of methoxy groups -OCH3 is 1. The summed E-state index contributed by atoms with van der Waals surface area (Å²) >= 11 is 0. The second-order valence-corrected chi connectivity index (χ2v) is 4.19. The molecular weight excluding hydrogens is 228 g/mol. The monoisotopic (exact) mass is 246 g/mol. The molecule has 1 heterocycles. The zero-order valence-electron chi connectivity index (χ0n) is 10.7. The second-order valence-electron chi connectivity index (χ2n) is 4.19. The summed E-state index contributed by atoms with van der Waals surface area (Å²) < 4.78 is 10.8. The Bertz CT molecular complexity index is 502. The van der Waals surface area contributed by atoms with E-state index in [9.17, 15) is 5.11 Å². The fourth-order valence-corrected chi connectivity index (χ4v) is 1.94. The molecule has 3 nitrogen and oxygen atoms in total. The van der Waals surface area contributed by atoms with Crippen LogP contribution in [0.2, 0.25) is 0 Å². The SMILES string of the molecule is CCc1ccc(C(O)Cc2ccccc2OC)o1. The quantitative estimate of drug-likeness (QED) is 0.881. The lowest BCUT2D eigenvalue weighted by molar-refractivity contribution is 0.147. The van der Waals surface area contributed by atoms with Gasteiger partial charge in [0.05, 0.1) is 7.11 Å². The third-order valence-corrected chi connectivity index (χ3v) is 2.97. The van der Waals surface area contributed by atoms with Crippen LogP contribution in [0.4, 0.5) is 0 Å². The first kappa shape index (κ1) is 12.7. The predicted octanol–water partition coefficient (Wildman–Crippen LogP) is 3.13. The fraction of sp³-hybridized carbons (Fsp3) is 0.333. The van der Waals surface area contributed by atoms with Crippen molar-refractivity contribution < 1.29 is 14.3 Å². The highest BCUT2D eigenvalue weighted by Crippen LogP contribution is 2.25. The van der Waals surface area contributed by atoms with Crippen molar-refractivity contribution in [3.8, 4) is 5.75 Å². The highest BCUT2D eigenvalue weighted by molar-refractivity contribution is 5.34. The number of aliphatic hydroxyl groups excluding tert-OH is 1. The number of aliphatic hydroxyl groups is 1. The minimum atomic E-state index is -0.637. The molecule has 18 heavy (non-hydrogen) atoms. The van der Waals surface area contributed by atoms with Crippen LogP contribution in [0, 0.1) is 0 Å². The van der Waals surface area contributed by atoms with E-state index in [2.05, 4.69) is 0 Å². The maximum Gasteiger partial charge on any atom is 0.133 e. The largest absolute Gasteiger partial charge is 0.496 e. The highest BCUT2D eigenvalue weighted by Gasteiger charge is 2.15. The van der Waals surface area contributed by atoms with Gasteiger partial charge in [0.1, 0.15) is 23.4 Å². The van der Waals surface area contributed by atoms with E-state index in [4.69, 9.17) is 9.15 Å². The first-order valence-corrected chi connectivity index (χ1v) is 6.13. The van der Waals surface area contributed by atoms with Gasteiger partial charge < -0.3 is 14.3 Å². The number of hydrogen-bond donors (Lipinski definition) is 1. The zero-order chi connectivity index (χ0) is 13.0. The average Bonchev–Trinajstić information content (AvgIpc) is 2.88. The van der Waals surface area contributed by atoms with Gasteiger partial charge in [-0.3, -0.25) is 0 Å². The summed E-state index contributed by atoms with van der Waals surface area (Å²) in [5.74, 6) is 2.29. The van der Waals surface area contributed by atoms with Crippen molar-refractivity contribution in [3.05, 3.63) is 53.5 Å². The molecule has 0 aliphatic carbocycles. The zero-order valence-corrected chi connectivity index (χ0v) is 10.7. The van der Waals surface area contributed by atoms with Crippen molar-refractivity contribution in [2.75, 3.05) is 7.11 Å². The Kier molecular flexibility index (Phi) is 4.05.